The number of rotatable bonds is 42. The number of aliphatic hydroxyl groups is 2. The van der Waals surface area contributed by atoms with E-state index in [9.17, 15) is 24.2 Å². The molecule has 0 amide bonds. The first-order chi connectivity index (χ1) is 27.7. The van der Waals surface area contributed by atoms with Gasteiger partial charge < -0.3 is 24.6 Å². The molecule has 11 heteroatoms. The second kappa shape index (κ2) is 42.1. The molecular formula is C46H83O10P. The van der Waals surface area contributed by atoms with Crippen molar-refractivity contribution in [2.24, 2.45) is 0 Å². The van der Waals surface area contributed by atoms with Crippen molar-refractivity contribution in [3.63, 3.8) is 0 Å². The lowest BCUT2D eigenvalue weighted by atomic mass is 10.1. The minimum absolute atomic E-state index is 0.167. The molecule has 10 nitrogen and oxygen atoms in total. The van der Waals surface area contributed by atoms with Crippen LogP contribution in [0.3, 0.4) is 0 Å². The molecule has 0 radical (unpaired) electrons. The SMILES string of the molecule is CCCCC/C=C\C/C=C\C/C=C\CCCCCCCCC(=O)OC(COC(=O)CCCCCCC/C=C\CCCCCCCC)COP(=O)(O)OCC(O)CO. The molecule has 0 spiro atoms. The van der Waals surface area contributed by atoms with E-state index < -0.39 is 51.8 Å². The van der Waals surface area contributed by atoms with Gasteiger partial charge in [0.1, 0.15) is 12.7 Å². The quantitative estimate of drug-likeness (QED) is 0.0235. The molecule has 0 rings (SSSR count). The molecular weight excluding hydrogens is 743 g/mol. The Balaban J connectivity index is 4.31. The number of carbonyl (C=O) groups is 2. The molecule has 0 aliphatic rings. The maximum absolute atomic E-state index is 12.6. The second-order valence-electron chi connectivity index (χ2n) is 15.1. The van der Waals surface area contributed by atoms with Gasteiger partial charge in [0, 0.05) is 12.8 Å². The van der Waals surface area contributed by atoms with E-state index in [2.05, 4.69) is 62.5 Å². The number of carbonyl (C=O) groups excluding carboxylic acids is 2. The van der Waals surface area contributed by atoms with E-state index >= 15 is 0 Å². The normalized spacial score (nSPS) is 14.3. The third-order valence-electron chi connectivity index (χ3n) is 9.46. The Bertz CT molecular complexity index is 1090. The summed E-state index contributed by atoms with van der Waals surface area (Å²) in [5.41, 5.74) is 0. The van der Waals surface area contributed by atoms with Crippen LogP contribution in [0.2, 0.25) is 0 Å². The maximum atomic E-state index is 12.6. The number of esters is 2. The number of hydrogen-bond donors (Lipinski definition) is 3. The first-order valence-electron chi connectivity index (χ1n) is 22.6. The average molecular weight is 827 g/mol. The molecule has 0 fully saturated rings. The molecule has 0 bridgehead atoms. The predicted octanol–water partition coefficient (Wildman–Crippen LogP) is 12.1. The molecule has 0 aromatic rings. The summed E-state index contributed by atoms with van der Waals surface area (Å²) in [6, 6.07) is 0. The van der Waals surface area contributed by atoms with Crippen molar-refractivity contribution in [2.45, 2.75) is 206 Å². The lowest BCUT2D eigenvalue weighted by Gasteiger charge is -2.20. The van der Waals surface area contributed by atoms with Gasteiger partial charge >= 0.3 is 19.8 Å². The molecule has 0 aliphatic carbocycles. The van der Waals surface area contributed by atoms with E-state index in [1.165, 1.54) is 64.2 Å². The highest BCUT2D eigenvalue weighted by molar-refractivity contribution is 7.47. The van der Waals surface area contributed by atoms with Gasteiger partial charge in [-0.2, -0.15) is 0 Å². The number of allylic oxidation sites excluding steroid dienone is 8. The minimum Gasteiger partial charge on any atom is -0.462 e. The number of phosphoric ester groups is 1. The Hall–Kier alpha value is -2.07. The molecule has 0 saturated carbocycles. The summed E-state index contributed by atoms with van der Waals surface area (Å²) in [6.45, 7) is 2.33. The van der Waals surface area contributed by atoms with Crippen LogP contribution < -0.4 is 0 Å². The fourth-order valence-corrected chi connectivity index (χ4v) is 6.72. The summed E-state index contributed by atoms with van der Waals surface area (Å²) in [7, 11) is -4.62. The predicted molar refractivity (Wildman–Crippen MR) is 233 cm³/mol. The van der Waals surface area contributed by atoms with Crippen LogP contribution in [0.1, 0.15) is 194 Å². The van der Waals surface area contributed by atoms with Crippen molar-refractivity contribution >= 4 is 19.8 Å². The van der Waals surface area contributed by atoms with Crippen molar-refractivity contribution in [1.82, 2.24) is 0 Å². The minimum atomic E-state index is -4.62. The molecule has 57 heavy (non-hydrogen) atoms. The van der Waals surface area contributed by atoms with Crippen molar-refractivity contribution < 1.29 is 47.8 Å². The Kier molecular flexibility index (Phi) is 40.5. The average Bonchev–Trinajstić information content (AvgIpc) is 3.20. The number of hydrogen-bond acceptors (Lipinski definition) is 9. The van der Waals surface area contributed by atoms with Gasteiger partial charge in [-0.1, -0.05) is 152 Å². The highest BCUT2D eigenvalue weighted by Gasteiger charge is 2.27. The highest BCUT2D eigenvalue weighted by Crippen LogP contribution is 2.43. The second-order valence-corrected chi connectivity index (χ2v) is 16.5. The molecule has 0 aromatic heterocycles. The van der Waals surface area contributed by atoms with Gasteiger partial charge in [0.15, 0.2) is 6.10 Å². The fraction of sp³-hybridized carbons (Fsp3) is 0.783. The van der Waals surface area contributed by atoms with E-state index in [1.807, 2.05) is 0 Å². The van der Waals surface area contributed by atoms with Crippen molar-refractivity contribution in [3.05, 3.63) is 48.6 Å². The van der Waals surface area contributed by atoms with Crippen LogP contribution >= 0.6 is 7.82 Å². The van der Waals surface area contributed by atoms with Crippen LogP contribution in [0.4, 0.5) is 0 Å². The number of phosphoric acid groups is 1. The lowest BCUT2D eigenvalue weighted by molar-refractivity contribution is -0.161. The van der Waals surface area contributed by atoms with Gasteiger partial charge in [-0.25, -0.2) is 4.57 Å². The molecule has 3 unspecified atom stereocenters. The highest BCUT2D eigenvalue weighted by atomic mass is 31.2. The molecule has 0 saturated heterocycles. The van der Waals surface area contributed by atoms with Crippen LogP contribution in [-0.4, -0.2) is 65.7 Å². The Morgan fingerprint density at radius 2 is 0.912 bits per heavy atom. The number of aliphatic hydroxyl groups excluding tert-OH is 2. The smallest absolute Gasteiger partial charge is 0.462 e. The van der Waals surface area contributed by atoms with Gasteiger partial charge in [-0.15, -0.1) is 0 Å². The first kappa shape index (κ1) is 54.9. The lowest BCUT2D eigenvalue weighted by Crippen LogP contribution is -2.29. The van der Waals surface area contributed by atoms with Crippen molar-refractivity contribution in [2.75, 3.05) is 26.4 Å². The summed E-state index contributed by atoms with van der Waals surface area (Å²) >= 11 is 0. The summed E-state index contributed by atoms with van der Waals surface area (Å²) in [4.78, 5) is 35.0. The molecule has 0 aliphatic heterocycles. The summed E-state index contributed by atoms with van der Waals surface area (Å²) in [6.07, 6.45) is 45.0. The van der Waals surface area contributed by atoms with Gasteiger partial charge in [-0.05, 0) is 77.0 Å². The third kappa shape index (κ3) is 41.9. The van der Waals surface area contributed by atoms with Crippen molar-refractivity contribution in [1.29, 1.82) is 0 Å². The van der Waals surface area contributed by atoms with E-state index in [1.54, 1.807) is 0 Å². The third-order valence-corrected chi connectivity index (χ3v) is 10.4. The zero-order valence-corrected chi connectivity index (χ0v) is 36.9. The van der Waals surface area contributed by atoms with E-state index in [0.29, 0.717) is 12.8 Å². The standard InChI is InChI=1S/C46H83O10P/c1-3-5-7-9-11-13-15-17-19-20-21-22-24-26-28-30-32-34-36-38-46(50)56-44(42-55-57(51,52)54-40-43(48)39-47)41-53-45(49)37-35-33-31-29-27-25-23-18-16-14-12-10-8-6-4-2/h11,13,17-19,21-23,43-44,47-48H,3-10,12,14-16,20,24-42H2,1-2H3,(H,51,52)/b13-11-,19-17-,22-21-,23-18-. The fourth-order valence-electron chi connectivity index (χ4n) is 5.94. The van der Waals surface area contributed by atoms with Crippen molar-refractivity contribution in [3.8, 4) is 0 Å². The largest absolute Gasteiger partial charge is 0.472 e. The molecule has 3 N–H and O–H groups in total. The molecule has 3 atom stereocenters. The zero-order chi connectivity index (χ0) is 41.9. The first-order valence-corrected chi connectivity index (χ1v) is 24.1. The molecule has 0 aromatic carbocycles. The van der Waals surface area contributed by atoms with Gasteiger partial charge in [-0.3, -0.25) is 18.6 Å². The summed E-state index contributed by atoms with van der Waals surface area (Å²) in [5, 5.41) is 18.3. The Labute approximate surface area is 347 Å². The summed E-state index contributed by atoms with van der Waals surface area (Å²) < 4.78 is 32.7. The molecule has 0 heterocycles. The number of ether oxygens (including phenoxy) is 2. The monoisotopic (exact) mass is 827 g/mol. The van der Waals surface area contributed by atoms with Crippen LogP contribution in [-0.2, 0) is 32.7 Å². The Morgan fingerprint density at radius 1 is 0.526 bits per heavy atom. The van der Waals surface area contributed by atoms with Gasteiger partial charge in [0.05, 0.1) is 19.8 Å². The summed E-state index contributed by atoms with van der Waals surface area (Å²) in [5.74, 6) is -0.949. The van der Waals surface area contributed by atoms with E-state index in [-0.39, 0.29) is 19.4 Å². The maximum Gasteiger partial charge on any atom is 0.472 e. The zero-order valence-electron chi connectivity index (χ0n) is 36.0. The van der Waals surface area contributed by atoms with E-state index in [4.69, 9.17) is 23.6 Å². The van der Waals surface area contributed by atoms with Crippen LogP contribution in [0.25, 0.3) is 0 Å². The van der Waals surface area contributed by atoms with Crippen LogP contribution in [0, 0.1) is 0 Å². The van der Waals surface area contributed by atoms with Crippen LogP contribution in [0.5, 0.6) is 0 Å². The van der Waals surface area contributed by atoms with E-state index in [0.717, 1.165) is 89.9 Å². The molecule has 332 valence electrons. The number of unbranched alkanes of at least 4 members (excludes halogenated alkanes) is 20. The van der Waals surface area contributed by atoms with Gasteiger partial charge in [0.25, 0.3) is 0 Å². The van der Waals surface area contributed by atoms with Crippen LogP contribution in [0.15, 0.2) is 48.6 Å². The Morgan fingerprint density at radius 3 is 1.42 bits per heavy atom. The van der Waals surface area contributed by atoms with Gasteiger partial charge in [0.2, 0.25) is 0 Å². The topological polar surface area (TPSA) is 149 Å².